The molecule has 1 fully saturated rings. The zero-order valence-electron chi connectivity index (χ0n) is 19.2. The number of hydrogen-bond acceptors (Lipinski definition) is 9. The fourth-order valence-electron chi connectivity index (χ4n) is 4.11. The molecule has 1 aliphatic heterocycles. The summed E-state index contributed by atoms with van der Waals surface area (Å²) in [7, 11) is 0. The van der Waals surface area contributed by atoms with Crippen molar-refractivity contribution in [3.8, 4) is 22.9 Å². The van der Waals surface area contributed by atoms with E-state index in [1.54, 1.807) is 0 Å². The number of piperazine rings is 1. The van der Waals surface area contributed by atoms with Crippen LogP contribution in [0.25, 0.3) is 11.3 Å². The first-order valence-corrected chi connectivity index (χ1v) is 11.7. The second kappa shape index (κ2) is 10.6. The van der Waals surface area contributed by atoms with Crippen LogP contribution < -0.4 is 9.64 Å². The van der Waals surface area contributed by atoms with E-state index >= 15 is 0 Å². The summed E-state index contributed by atoms with van der Waals surface area (Å²) < 4.78 is 5.95. The molecule has 3 heterocycles. The predicted octanol–water partition coefficient (Wildman–Crippen LogP) is 4.61. The SMILES string of the molecule is O=[N+]([O-])c1c(Oc2cc(Cl)nnc2-c2ccccc2)ncnc1N1CCN(Cc2ccccc2)CC1. The number of hydrogen-bond donors (Lipinski definition) is 0. The minimum Gasteiger partial charge on any atom is -0.431 e. The molecule has 182 valence electrons. The van der Waals surface area contributed by atoms with Gasteiger partial charge in [-0.05, 0) is 5.56 Å². The van der Waals surface area contributed by atoms with E-state index in [1.165, 1.54) is 18.0 Å². The van der Waals surface area contributed by atoms with Crippen LogP contribution in [0.4, 0.5) is 11.5 Å². The number of halogens is 1. The van der Waals surface area contributed by atoms with E-state index < -0.39 is 4.92 Å². The molecule has 0 bridgehead atoms. The quantitative estimate of drug-likeness (QED) is 0.263. The Morgan fingerprint density at radius 3 is 2.33 bits per heavy atom. The minimum absolute atomic E-state index is 0.0937. The molecule has 10 nitrogen and oxygen atoms in total. The van der Waals surface area contributed by atoms with E-state index in [0.29, 0.717) is 18.8 Å². The van der Waals surface area contributed by atoms with Crippen LogP contribution in [0, 0.1) is 10.1 Å². The lowest BCUT2D eigenvalue weighted by Gasteiger charge is -2.35. The highest BCUT2D eigenvalue weighted by molar-refractivity contribution is 6.29. The molecule has 1 saturated heterocycles. The predicted molar refractivity (Wildman–Crippen MR) is 135 cm³/mol. The average molecular weight is 504 g/mol. The summed E-state index contributed by atoms with van der Waals surface area (Å²) in [6, 6.07) is 20.9. The Hall–Kier alpha value is -4.15. The maximum atomic E-state index is 12.2. The molecular formula is C25H22ClN7O3. The standard InChI is InChI=1S/C25H22ClN7O3/c26-21-15-20(22(30-29-21)19-9-5-2-6-10-19)36-25-23(33(34)35)24(27-17-28-25)32-13-11-31(12-14-32)16-18-7-3-1-4-8-18/h1-10,15,17H,11-14,16H2. The fourth-order valence-corrected chi connectivity index (χ4v) is 4.25. The molecule has 0 spiro atoms. The molecule has 0 unspecified atom stereocenters. The summed E-state index contributed by atoms with van der Waals surface area (Å²) >= 11 is 6.06. The Labute approximate surface area is 212 Å². The molecule has 36 heavy (non-hydrogen) atoms. The normalized spacial score (nSPS) is 14.0. The van der Waals surface area contributed by atoms with Gasteiger partial charge in [0.25, 0.3) is 0 Å². The van der Waals surface area contributed by atoms with Crippen LogP contribution in [0.5, 0.6) is 11.6 Å². The number of nitrogens with zero attached hydrogens (tertiary/aromatic N) is 7. The third-order valence-corrected chi connectivity index (χ3v) is 6.04. The van der Waals surface area contributed by atoms with E-state index in [4.69, 9.17) is 16.3 Å². The topological polar surface area (TPSA) is 110 Å². The molecule has 0 saturated carbocycles. The zero-order chi connectivity index (χ0) is 24.9. The largest absolute Gasteiger partial charge is 0.431 e. The van der Waals surface area contributed by atoms with Crippen molar-refractivity contribution in [3.63, 3.8) is 0 Å². The average Bonchev–Trinajstić information content (AvgIpc) is 2.90. The van der Waals surface area contributed by atoms with Gasteiger partial charge in [-0.1, -0.05) is 72.3 Å². The Bertz CT molecular complexity index is 1350. The van der Waals surface area contributed by atoms with Crippen LogP contribution in [0.3, 0.4) is 0 Å². The lowest BCUT2D eigenvalue weighted by atomic mass is 10.1. The van der Waals surface area contributed by atoms with Gasteiger partial charge in [0.1, 0.15) is 12.0 Å². The van der Waals surface area contributed by atoms with Crippen molar-refractivity contribution >= 4 is 23.1 Å². The number of rotatable bonds is 7. The number of benzene rings is 2. The van der Waals surface area contributed by atoms with Gasteiger partial charge < -0.3 is 9.64 Å². The van der Waals surface area contributed by atoms with Crippen molar-refractivity contribution in [2.24, 2.45) is 0 Å². The minimum atomic E-state index is -0.514. The second-order valence-corrected chi connectivity index (χ2v) is 8.59. The Kier molecular flexibility index (Phi) is 6.96. The summed E-state index contributed by atoms with van der Waals surface area (Å²) in [5.74, 6) is 0.248. The van der Waals surface area contributed by atoms with Crippen molar-refractivity contribution in [1.82, 2.24) is 25.1 Å². The summed E-state index contributed by atoms with van der Waals surface area (Å²) in [4.78, 5) is 24.2. The van der Waals surface area contributed by atoms with Crippen LogP contribution >= 0.6 is 11.6 Å². The van der Waals surface area contributed by atoms with Gasteiger partial charge in [-0.3, -0.25) is 15.0 Å². The van der Waals surface area contributed by atoms with Gasteiger partial charge >= 0.3 is 11.6 Å². The van der Waals surface area contributed by atoms with Gasteiger partial charge in [0.05, 0.1) is 4.92 Å². The van der Waals surface area contributed by atoms with Crippen LogP contribution in [0.15, 0.2) is 73.1 Å². The number of aromatic nitrogens is 4. The van der Waals surface area contributed by atoms with E-state index in [1.807, 2.05) is 53.4 Å². The summed E-state index contributed by atoms with van der Waals surface area (Å²) in [6.45, 7) is 3.49. The molecule has 0 aliphatic carbocycles. The first-order chi connectivity index (χ1) is 17.6. The van der Waals surface area contributed by atoms with Gasteiger partial charge in [-0.25, -0.2) is 4.98 Å². The van der Waals surface area contributed by atoms with Crippen LogP contribution in [-0.4, -0.2) is 56.2 Å². The second-order valence-electron chi connectivity index (χ2n) is 8.20. The summed E-state index contributed by atoms with van der Waals surface area (Å²) in [5.41, 5.74) is 2.04. The van der Waals surface area contributed by atoms with Gasteiger partial charge in [0, 0.05) is 44.4 Å². The third kappa shape index (κ3) is 5.24. The molecule has 0 N–H and O–H groups in total. The molecule has 5 rings (SSSR count). The molecule has 11 heteroatoms. The van der Waals surface area contributed by atoms with Crippen molar-refractivity contribution in [2.45, 2.75) is 6.54 Å². The van der Waals surface area contributed by atoms with Crippen molar-refractivity contribution < 1.29 is 9.66 Å². The third-order valence-electron chi connectivity index (χ3n) is 5.86. The van der Waals surface area contributed by atoms with Crippen LogP contribution in [-0.2, 0) is 6.54 Å². The first kappa shape index (κ1) is 23.6. The maximum Gasteiger partial charge on any atom is 0.373 e. The summed E-state index contributed by atoms with van der Waals surface area (Å²) in [5, 5.41) is 20.3. The van der Waals surface area contributed by atoms with Gasteiger partial charge in [0.15, 0.2) is 10.9 Å². The molecule has 4 aromatic rings. The van der Waals surface area contributed by atoms with Crippen LogP contribution in [0.2, 0.25) is 5.15 Å². The maximum absolute atomic E-state index is 12.2. The fraction of sp³-hybridized carbons (Fsp3) is 0.200. The first-order valence-electron chi connectivity index (χ1n) is 11.4. The molecule has 0 atom stereocenters. The lowest BCUT2D eigenvalue weighted by Crippen LogP contribution is -2.46. The van der Waals surface area contributed by atoms with Crippen molar-refractivity contribution in [1.29, 1.82) is 0 Å². The van der Waals surface area contributed by atoms with Gasteiger partial charge in [0.2, 0.25) is 5.82 Å². The molecule has 0 radical (unpaired) electrons. The van der Waals surface area contributed by atoms with E-state index in [9.17, 15) is 10.1 Å². The Morgan fingerprint density at radius 1 is 0.944 bits per heavy atom. The summed E-state index contributed by atoms with van der Waals surface area (Å²) in [6.07, 6.45) is 1.27. The van der Waals surface area contributed by atoms with Gasteiger partial charge in [-0.15, -0.1) is 10.2 Å². The molecule has 2 aromatic carbocycles. The van der Waals surface area contributed by atoms with E-state index in [0.717, 1.165) is 25.2 Å². The highest BCUT2D eigenvalue weighted by atomic mass is 35.5. The highest BCUT2D eigenvalue weighted by Crippen LogP contribution is 2.39. The van der Waals surface area contributed by atoms with E-state index in [-0.39, 0.29) is 28.3 Å². The van der Waals surface area contributed by atoms with Gasteiger partial charge in [-0.2, -0.15) is 4.98 Å². The zero-order valence-corrected chi connectivity index (χ0v) is 20.0. The molecule has 2 aromatic heterocycles. The van der Waals surface area contributed by atoms with Crippen molar-refractivity contribution in [2.75, 3.05) is 31.1 Å². The molecule has 0 amide bonds. The Balaban J connectivity index is 1.40. The lowest BCUT2D eigenvalue weighted by molar-refractivity contribution is -0.385. The molecular weight excluding hydrogens is 482 g/mol. The molecule has 1 aliphatic rings. The van der Waals surface area contributed by atoms with Crippen molar-refractivity contribution in [3.05, 3.63) is 93.9 Å². The number of ether oxygens (including phenoxy) is 1. The van der Waals surface area contributed by atoms with E-state index in [2.05, 4.69) is 37.2 Å². The number of nitro groups is 1. The number of anilines is 1. The highest BCUT2D eigenvalue weighted by Gasteiger charge is 2.31. The Morgan fingerprint density at radius 2 is 1.64 bits per heavy atom. The smallest absolute Gasteiger partial charge is 0.373 e. The monoisotopic (exact) mass is 503 g/mol. The van der Waals surface area contributed by atoms with Crippen LogP contribution in [0.1, 0.15) is 5.56 Å².